The van der Waals surface area contributed by atoms with Crippen molar-refractivity contribution in [3.8, 4) is 5.75 Å². The van der Waals surface area contributed by atoms with Crippen LogP contribution in [0.15, 0.2) is 41.4 Å². The fourth-order valence-corrected chi connectivity index (χ4v) is 3.75. The molecule has 0 aliphatic carbocycles. The molecule has 9 nitrogen and oxygen atoms in total. The fourth-order valence-electron chi connectivity index (χ4n) is 2.55. The molecule has 0 aliphatic heterocycles. The van der Waals surface area contributed by atoms with Crippen LogP contribution in [0.2, 0.25) is 0 Å². The Morgan fingerprint density at radius 3 is 2.54 bits per heavy atom. The Morgan fingerprint density at radius 2 is 1.89 bits per heavy atom. The second-order valence-corrected chi connectivity index (χ2v) is 8.06. The minimum absolute atomic E-state index is 0.0927. The number of sulfonamides is 1. The van der Waals surface area contributed by atoms with Crippen LogP contribution in [0.25, 0.3) is 0 Å². The van der Waals surface area contributed by atoms with E-state index in [-0.39, 0.29) is 23.7 Å². The van der Waals surface area contributed by atoms with Gasteiger partial charge in [0.1, 0.15) is 16.3 Å². The number of carbonyl (C=O) groups is 2. The van der Waals surface area contributed by atoms with Crippen LogP contribution in [0.4, 0.5) is 0 Å². The van der Waals surface area contributed by atoms with Crippen molar-refractivity contribution in [3.63, 3.8) is 0 Å². The SMILES string of the molecule is COC(=O)c1cc(S(=O)(=O)N(C)CC(=O)NCc2ccccc2OC)cn1C. The molecule has 2 rings (SSSR count). The first-order valence-corrected chi connectivity index (χ1v) is 9.74. The summed E-state index contributed by atoms with van der Waals surface area (Å²) in [5.41, 5.74) is 0.865. The Bertz CT molecular complexity index is 967. The lowest BCUT2D eigenvalue weighted by Gasteiger charge is -2.16. The molecule has 1 N–H and O–H groups in total. The molecule has 28 heavy (non-hydrogen) atoms. The van der Waals surface area contributed by atoms with Gasteiger partial charge in [0.2, 0.25) is 15.9 Å². The lowest BCUT2D eigenvalue weighted by Crippen LogP contribution is -2.38. The van der Waals surface area contributed by atoms with Crippen molar-refractivity contribution in [2.45, 2.75) is 11.4 Å². The van der Waals surface area contributed by atoms with Gasteiger partial charge in [-0.25, -0.2) is 13.2 Å². The zero-order valence-electron chi connectivity index (χ0n) is 16.1. The first-order chi connectivity index (χ1) is 13.2. The molecule has 0 radical (unpaired) electrons. The summed E-state index contributed by atoms with van der Waals surface area (Å²) in [6, 6.07) is 8.41. The number of esters is 1. The maximum atomic E-state index is 12.7. The molecule has 1 heterocycles. The van der Waals surface area contributed by atoms with Gasteiger partial charge in [-0.1, -0.05) is 18.2 Å². The summed E-state index contributed by atoms with van der Waals surface area (Å²) >= 11 is 0. The maximum absolute atomic E-state index is 12.7. The van der Waals surface area contributed by atoms with Gasteiger partial charge in [0.15, 0.2) is 0 Å². The first kappa shape index (κ1) is 21.5. The van der Waals surface area contributed by atoms with Gasteiger partial charge < -0.3 is 19.4 Å². The van der Waals surface area contributed by atoms with Crippen molar-refractivity contribution in [1.29, 1.82) is 0 Å². The molecule has 0 saturated heterocycles. The number of nitrogens with one attached hydrogen (secondary N) is 1. The van der Waals surface area contributed by atoms with E-state index in [9.17, 15) is 18.0 Å². The average Bonchev–Trinajstić information content (AvgIpc) is 3.08. The number of benzene rings is 1. The summed E-state index contributed by atoms with van der Waals surface area (Å²) in [5, 5.41) is 2.67. The number of hydrogen-bond donors (Lipinski definition) is 1. The number of aromatic nitrogens is 1. The fraction of sp³-hybridized carbons (Fsp3) is 0.333. The molecule has 0 bridgehead atoms. The number of nitrogens with zero attached hydrogens (tertiary/aromatic N) is 2. The van der Waals surface area contributed by atoms with Gasteiger partial charge in [-0.3, -0.25) is 4.79 Å². The van der Waals surface area contributed by atoms with Crippen molar-refractivity contribution in [2.75, 3.05) is 27.8 Å². The zero-order chi connectivity index (χ0) is 20.9. The van der Waals surface area contributed by atoms with E-state index in [0.717, 1.165) is 9.87 Å². The Labute approximate surface area is 163 Å². The number of rotatable bonds is 8. The summed E-state index contributed by atoms with van der Waals surface area (Å²) in [5.74, 6) is -0.495. The van der Waals surface area contributed by atoms with Crippen LogP contribution in [0.5, 0.6) is 5.75 Å². The smallest absolute Gasteiger partial charge is 0.354 e. The van der Waals surface area contributed by atoms with E-state index in [2.05, 4.69) is 10.1 Å². The molecule has 0 unspecified atom stereocenters. The van der Waals surface area contributed by atoms with Gasteiger partial charge in [-0.15, -0.1) is 0 Å². The van der Waals surface area contributed by atoms with Crippen LogP contribution in [0.1, 0.15) is 16.1 Å². The van der Waals surface area contributed by atoms with Crippen LogP contribution in [-0.4, -0.2) is 57.0 Å². The standard InChI is InChI=1S/C18H23N3O6S/c1-20-11-14(9-15(20)18(23)27-4)28(24,25)21(2)12-17(22)19-10-13-7-5-6-8-16(13)26-3/h5-9,11H,10,12H2,1-4H3,(H,19,22). The number of hydrogen-bond acceptors (Lipinski definition) is 6. The highest BCUT2D eigenvalue weighted by Crippen LogP contribution is 2.19. The minimum atomic E-state index is -3.95. The summed E-state index contributed by atoms with van der Waals surface area (Å²) < 4.78 is 37.5. The van der Waals surface area contributed by atoms with E-state index in [0.29, 0.717) is 5.75 Å². The molecule has 0 atom stereocenters. The van der Waals surface area contributed by atoms with Gasteiger partial charge in [-0.05, 0) is 12.1 Å². The lowest BCUT2D eigenvalue weighted by atomic mass is 10.2. The highest BCUT2D eigenvalue weighted by Gasteiger charge is 2.26. The molecule has 1 aromatic carbocycles. The summed E-state index contributed by atoms with van der Waals surface area (Å²) in [6.07, 6.45) is 1.30. The number of ether oxygens (including phenoxy) is 2. The monoisotopic (exact) mass is 409 g/mol. The van der Waals surface area contributed by atoms with E-state index in [1.165, 1.54) is 45.1 Å². The Kier molecular flexibility index (Phi) is 6.81. The van der Waals surface area contributed by atoms with Crippen LogP contribution >= 0.6 is 0 Å². The number of carbonyl (C=O) groups excluding carboxylic acids is 2. The second-order valence-electron chi connectivity index (χ2n) is 6.01. The highest BCUT2D eigenvalue weighted by molar-refractivity contribution is 7.89. The van der Waals surface area contributed by atoms with Crippen LogP contribution in [0, 0.1) is 0 Å². The van der Waals surface area contributed by atoms with E-state index >= 15 is 0 Å². The van der Waals surface area contributed by atoms with Gasteiger partial charge in [-0.2, -0.15) is 4.31 Å². The Morgan fingerprint density at radius 1 is 1.21 bits per heavy atom. The summed E-state index contributed by atoms with van der Waals surface area (Å²) in [6.45, 7) is -0.172. The van der Waals surface area contributed by atoms with E-state index in [4.69, 9.17) is 4.74 Å². The predicted molar refractivity (Wildman–Crippen MR) is 101 cm³/mol. The highest BCUT2D eigenvalue weighted by atomic mass is 32.2. The van der Waals surface area contributed by atoms with Crippen LogP contribution in [-0.2, 0) is 33.1 Å². The molecule has 0 spiro atoms. The minimum Gasteiger partial charge on any atom is -0.496 e. The van der Waals surface area contributed by atoms with Crippen molar-refractivity contribution in [3.05, 3.63) is 47.8 Å². The zero-order valence-corrected chi connectivity index (χ0v) is 16.9. The Hall–Kier alpha value is -2.85. The van der Waals surface area contributed by atoms with Crippen LogP contribution in [0.3, 0.4) is 0 Å². The molecule has 2 aromatic rings. The normalized spacial score (nSPS) is 11.3. The first-order valence-electron chi connectivity index (χ1n) is 8.30. The second kappa shape index (κ2) is 8.89. The van der Waals surface area contributed by atoms with Gasteiger partial charge in [0.05, 0.1) is 20.8 Å². The number of amides is 1. The molecule has 0 saturated carbocycles. The van der Waals surface area contributed by atoms with Gasteiger partial charge in [0.25, 0.3) is 0 Å². The summed E-state index contributed by atoms with van der Waals surface area (Å²) in [7, 11) is 1.61. The third-order valence-corrected chi connectivity index (χ3v) is 5.89. The van der Waals surface area contributed by atoms with Crippen molar-refractivity contribution in [1.82, 2.24) is 14.2 Å². The molecular weight excluding hydrogens is 386 g/mol. The van der Waals surface area contributed by atoms with Crippen molar-refractivity contribution < 1.29 is 27.5 Å². The third-order valence-electron chi connectivity index (χ3n) is 4.12. The van der Waals surface area contributed by atoms with E-state index < -0.39 is 21.9 Å². The van der Waals surface area contributed by atoms with Crippen molar-refractivity contribution >= 4 is 21.9 Å². The van der Waals surface area contributed by atoms with Crippen LogP contribution < -0.4 is 10.1 Å². The molecule has 0 aliphatic rings. The quantitative estimate of drug-likeness (QED) is 0.645. The molecule has 1 aromatic heterocycles. The van der Waals surface area contributed by atoms with Crippen molar-refractivity contribution in [2.24, 2.45) is 7.05 Å². The average molecular weight is 409 g/mol. The van der Waals surface area contributed by atoms with E-state index in [1.54, 1.807) is 12.1 Å². The Balaban J connectivity index is 2.05. The number of likely N-dealkylation sites (N-methyl/N-ethyl adjacent to an activating group) is 1. The summed E-state index contributed by atoms with van der Waals surface area (Å²) in [4.78, 5) is 23.8. The number of para-hydroxylation sites is 1. The number of methoxy groups -OCH3 is 2. The largest absolute Gasteiger partial charge is 0.496 e. The van der Waals surface area contributed by atoms with E-state index in [1.807, 2.05) is 12.1 Å². The van der Waals surface area contributed by atoms with Gasteiger partial charge >= 0.3 is 5.97 Å². The molecule has 0 fully saturated rings. The topological polar surface area (TPSA) is 107 Å². The predicted octanol–water partition coefficient (Wildman–Crippen LogP) is 0.757. The molecule has 1 amide bonds. The maximum Gasteiger partial charge on any atom is 0.354 e. The molecular formula is C18H23N3O6S. The third kappa shape index (κ3) is 4.70. The lowest BCUT2D eigenvalue weighted by molar-refractivity contribution is -0.121. The number of aryl methyl sites for hydroxylation is 1. The molecule has 10 heteroatoms. The van der Waals surface area contributed by atoms with Gasteiger partial charge in [0, 0.05) is 32.4 Å². The molecule has 152 valence electrons.